The summed E-state index contributed by atoms with van der Waals surface area (Å²) < 4.78 is 21.5. The Labute approximate surface area is 171 Å². The number of aliphatic hydroxyl groups is 1. The van der Waals surface area contributed by atoms with Crippen molar-refractivity contribution in [2.75, 3.05) is 26.2 Å². The quantitative estimate of drug-likeness (QED) is 0.772. The van der Waals surface area contributed by atoms with Crippen LogP contribution in [0.2, 0.25) is 0 Å². The molecule has 3 heterocycles. The fraction of sp³-hybridized carbons (Fsp3) is 0.636. The molecule has 4 rings (SSSR count). The fourth-order valence-electron chi connectivity index (χ4n) is 4.51. The second-order valence-electron chi connectivity index (χ2n) is 8.30. The van der Waals surface area contributed by atoms with Crippen molar-refractivity contribution >= 4 is 0 Å². The molecule has 1 saturated heterocycles. The number of aryl methyl sites for hydroxylation is 1. The molecule has 2 aliphatic heterocycles. The smallest absolute Gasteiger partial charge is 0.137 e. The van der Waals surface area contributed by atoms with E-state index >= 15 is 0 Å². The van der Waals surface area contributed by atoms with Crippen LogP contribution in [0.5, 0.6) is 0 Å². The van der Waals surface area contributed by atoms with Gasteiger partial charge >= 0.3 is 0 Å². The second kappa shape index (κ2) is 9.78. The van der Waals surface area contributed by atoms with E-state index < -0.39 is 6.10 Å². The zero-order valence-electron chi connectivity index (χ0n) is 17.0. The molecule has 0 aliphatic carbocycles. The molecule has 1 fully saturated rings. The first-order chi connectivity index (χ1) is 14.2. The summed E-state index contributed by atoms with van der Waals surface area (Å²) in [5.41, 5.74) is 0.519. The maximum Gasteiger partial charge on any atom is 0.137 e. The highest BCUT2D eigenvalue weighted by Crippen LogP contribution is 2.28. The van der Waals surface area contributed by atoms with Gasteiger partial charge in [-0.25, -0.2) is 4.39 Å². The minimum Gasteiger partial charge on any atom is -0.389 e. The standard InChI is InChI=1S/C22H31FN4O2/c23-20-9-4-3-7-18(20)15-29-16-19(28)14-26-11-6-8-17(13-26)22-25-24-21-10-2-1-5-12-27(21)22/h3-4,7,9,17,19,28H,1-2,5-6,8,10-16H2. The van der Waals surface area contributed by atoms with Gasteiger partial charge in [0.05, 0.1) is 19.3 Å². The lowest BCUT2D eigenvalue weighted by atomic mass is 9.96. The molecule has 158 valence electrons. The summed E-state index contributed by atoms with van der Waals surface area (Å²) in [7, 11) is 0. The van der Waals surface area contributed by atoms with Crippen LogP contribution >= 0.6 is 0 Å². The molecule has 2 aromatic rings. The Morgan fingerprint density at radius 3 is 2.93 bits per heavy atom. The molecule has 1 aromatic heterocycles. The normalized spacial score (nSPS) is 21.5. The first kappa shape index (κ1) is 20.4. The summed E-state index contributed by atoms with van der Waals surface area (Å²) >= 11 is 0. The third-order valence-corrected chi connectivity index (χ3v) is 6.00. The molecule has 2 atom stereocenters. The monoisotopic (exact) mass is 402 g/mol. The molecular formula is C22H31FN4O2. The van der Waals surface area contributed by atoms with Gasteiger partial charge in [0.25, 0.3) is 0 Å². The van der Waals surface area contributed by atoms with Crippen LogP contribution in [0.3, 0.4) is 0 Å². The number of fused-ring (bicyclic) bond motifs is 1. The number of aliphatic hydroxyl groups excluding tert-OH is 1. The van der Waals surface area contributed by atoms with E-state index in [1.807, 2.05) is 0 Å². The highest BCUT2D eigenvalue weighted by Gasteiger charge is 2.28. The molecule has 0 spiro atoms. The third-order valence-electron chi connectivity index (χ3n) is 6.00. The molecule has 7 heteroatoms. The number of ether oxygens (including phenoxy) is 1. The van der Waals surface area contributed by atoms with Gasteiger partial charge in [0.15, 0.2) is 0 Å². The zero-order valence-corrected chi connectivity index (χ0v) is 17.0. The number of rotatable bonds is 7. The summed E-state index contributed by atoms with van der Waals surface area (Å²) in [6.45, 7) is 3.84. The average Bonchev–Trinajstić information content (AvgIpc) is 2.98. The molecular weight excluding hydrogens is 371 g/mol. The van der Waals surface area contributed by atoms with Crippen molar-refractivity contribution in [2.45, 2.75) is 63.7 Å². The zero-order chi connectivity index (χ0) is 20.1. The van der Waals surface area contributed by atoms with Crippen LogP contribution in [0.1, 0.15) is 55.2 Å². The molecule has 0 radical (unpaired) electrons. The van der Waals surface area contributed by atoms with Crippen LogP contribution in [0.15, 0.2) is 24.3 Å². The lowest BCUT2D eigenvalue weighted by molar-refractivity contribution is 0.00471. The van der Waals surface area contributed by atoms with Crippen molar-refractivity contribution in [3.05, 3.63) is 47.3 Å². The lowest BCUT2D eigenvalue weighted by Gasteiger charge is -2.33. The van der Waals surface area contributed by atoms with Crippen molar-refractivity contribution in [3.8, 4) is 0 Å². The predicted molar refractivity (Wildman–Crippen MR) is 108 cm³/mol. The van der Waals surface area contributed by atoms with Crippen molar-refractivity contribution in [1.82, 2.24) is 19.7 Å². The van der Waals surface area contributed by atoms with Crippen molar-refractivity contribution < 1.29 is 14.2 Å². The Kier molecular flexibility index (Phi) is 6.90. The maximum absolute atomic E-state index is 13.6. The van der Waals surface area contributed by atoms with Crippen molar-refractivity contribution in [3.63, 3.8) is 0 Å². The van der Waals surface area contributed by atoms with Gasteiger partial charge in [-0.2, -0.15) is 0 Å². The Hall–Kier alpha value is -1.83. The number of β-amino-alcohol motifs (C(OH)–C–C–N with tert-alkyl or cyclic N) is 1. The average molecular weight is 403 g/mol. The number of nitrogens with zero attached hydrogens (tertiary/aromatic N) is 4. The number of hydrogen-bond acceptors (Lipinski definition) is 5. The van der Waals surface area contributed by atoms with E-state index in [4.69, 9.17) is 4.74 Å². The second-order valence-corrected chi connectivity index (χ2v) is 8.30. The Morgan fingerprint density at radius 1 is 1.14 bits per heavy atom. The van der Waals surface area contributed by atoms with Gasteiger partial charge in [0, 0.05) is 37.5 Å². The van der Waals surface area contributed by atoms with Crippen LogP contribution in [0, 0.1) is 5.82 Å². The summed E-state index contributed by atoms with van der Waals surface area (Å²) in [5.74, 6) is 2.36. The van der Waals surface area contributed by atoms with Crippen LogP contribution < -0.4 is 0 Å². The maximum atomic E-state index is 13.6. The Balaban J connectivity index is 1.28. The van der Waals surface area contributed by atoms with Gasteiger partial charge in [0.1, 0.15) is 17.5 Å². The summed E-state index contributed by atoms with van der Waals surface area (Å²) in [6.07, 6.45) is 6.32. The number of hydrogen-bond donors (Lipinski definition) is 1. The molecule has 0 saturated carbocycles. The SMILES string of the molecule is OC(COCc1ccccc1F)CN1CCCC(c2nnc3n2CCCCC3)C1. The molecule has 2 unspecified atom stereocenters. The van der Waals surface area contributed by atoms with Crippen LogP contribution in [0.25, 0.3) is 0 Å². The van der Waals surface area contributed by atoms with E-state index in [-0.39, 0.29) is 19.0 Å². The minimum atomic E-state index is -0.587. The van der Waals surface area contributed by atoms with E-state index in [1.165, 1.54) is 25.3 Å². The number of piperidine rings is 1. The van der Waals surface area contributed by atoms with Gasteiger partial charge in [-0.1, -0.05) is 24.6 Å². The first-order valence-electron chi connectivity index (χ1n) is 10.8. The van der Waals surface area contributed by atoms with Crippen LogP contribution in [0.4, 0.5) is 4.39 Å². The molecule has 1 N–H and O–H groups in total. The highest BCUT2D eigenvalue weighted by molar-refractivity contribution is 5.16. The molecule has 0 bridgehead atoms. The predicted octanol–water partition coefficient (Wildman–Crippen LogP) is 2.90. The minimum absolute atomic E-state index is 0.179. The fourth-order valence-corrected chi connectivity index (χ4v) is 4.51. The molecule has 29 heavy (non-hydrogen) atoms. The Morgan fingerprint density at radius 2 is 2.03 bits per heavy atom. The van der Waals surface area contributed by atoms with E-state index in [0.717, 1.165) is 50.5 Å². The van der Waals surface area contributed by atoms with Gasteiger partial charge < -0.3 is 14.4 Å². The lowest BCUT2D eigenvalue weighted by Crippen LogP contribution is -2.41. The van der Waals surface area contributed by atoms with Gasteiger partial charge in [-0.15, -0.1) is 10.2 Å². The van der Waals surface area contributed by atoms with Crippen LogP contribution in [-0.2, 0) is 24.3 Å². The van der Waals surface area contributed by atoms with Crippen molar-refractivity contribution in [2.24, 2.45) is 0 Å². The summed E-state index contributed by atoms with van der Waals surface area (Å²) in [4.78, 5) is 2.30. The van der Waals surface area contributed by atoms with Gasteiger partial charge in [0.2, 0.25) is 0 Å². The van der Waals surface area contributed by atoms with E-state index in [2.05, 4.69) is 19.7 Å². The van der Waals surface area contributed by atoms with E-state index in [0.29, 0.717) is 18.0 Å². The number of likely N-dealkylation sites (tertiary alicyclic amines) is 1. The van der Waals surface area contributed by atoms with Gasteiger partial charge in [-0.3, -0.25) is 4.90 Å². The van der Waals surface area contributed by atoms with E-state index in [1.54, 1.807) is 18.2 Å². The molecule has 0 amide bonds. The molecule has 6 nitrogen and oxygen atoms in total. The largest absolute Gasteiger partial charge is 0.389 e. The summed E-state index contributed by atoms with van der Waals surface area (Å²) in [5, 5.41) is 19.4. The topological polar surface area (TPSA) is 63.4 Å². The summed E-state index contributed by atoms with van der Waals surface area (Å²) in [6, 6.07) is 6.58. The van der Waals surface area contributed by atoms with Crippen LogP contribution in [-0.4, -0.2) is 57.1 Å². The van der Waals surface area contributed by atoms with Gasteiger partial charge in [-0.05, 0) is 38.3 Å². The number of benzene rings is 1. The first-order valence-corrected chi connectivity index (χ1v) is 10.8. The molecule has 2 aliphatic rings. The molecule has 1 aromatic carbocycles. The highest BCUT2D eigenvalue weighted by atomic mass is 19.1. The Bertz CT molecular complexity index is 797. The van der Waals surface area contributed by atoms with Crippen molar-refractivity contribution in [1.29, 1.82) is 0 Å². The number of aromatic nitrogens is 3. The third kappa shape index (κ3) is 5.21. The van der Waals surface area contributed by atoms with E-state index in [9.17, 15) is 9.50 Å². The number of halogens is 1.